The molecule has 11 heteroatoms. The molecule has 0 spiro atoms. The minimum absolute atomic E-state index is 0.0799. The molecule has 3 aromatic rings. The van der Waals surface area contributed by atoms with Crippen molar-refractivity contribution in [2.75, 3.05) is 18.8 Å². The number of amides is 1. The monoisotopic (exact) mass is 485 g/mol. The molecule has 0 saturated heterocycles. The van der Waals surface area contributed by atoms with Crippen LogP contribution in [0.15, 0.2) is 64.8 Å². The van der Waals surface area contributed by atoms with Crippen molar-refractivity contribution in [3.8, 4) is 0 Å². The molecule has 2 heterocycles. The van der Waals surface area contributed by atoms with Gasteiger partial charge in [0, 0.05) is 43.2 Å². The summed E-state index contributed by atoms with van der Waals surface area (Å²) in [5, 5.41) is 4.17. The van der Waals surface area contributed by atoms with Gasteiger partial charge in [0.2, 0.25) is 5.91 Å². The number of allylic oxidation sites excluding steroid dienone is 1. The number of carbonyl (C=O) groups excluding carboxylic acids is 1. The van der Waals surface area contributed by atoms with E-state index in [-0.39, 0.29) is 18.1 Å². The molecule has 1 N–H and O–H groups in total. The number of hydrogen-bond donors (Lipinski definition) is 1. The molecule has 0 atom stereocenters. The molecule has 8 nitrogen and oxygen atoms in total. The molecule has 176 valence electrons. The van der Waals surface area contributed by atoms with Crippen molar-refractivity contribution >= 4 is 33.4 Å². The number of nitrogens with one attached hydrogen (secondary N) is 1. The fourth-order valence-electron chi connectivity index (χ4n) is 3.32. The molecule has 34 heavy (non-hydrogen) atoms. The first kappa shape index (κ1) is 23.3. The summed E-state index contributed by atoms with van der Waals surface area (Å²) in [4.78, 5) is 17.3. The van der Waals surface area contributed by atoms with Crippen LogP contribution in [0.3, 0.4) is 0 Å². The van der Waals surface area contributed by atoms with E-state index in [0.717, 1.165) is 28.8 Å². The SMILES string of the molecule is CN(C)C(=O)Cn1cc(/C=C/C2=NCc3ccc(NS(=O)(=O)c4cc(F)cc(F)c4)cc32)cn1. The van der Waals surface area contributed by atoms with Crippen LogP contribution in [0.4, 0.5) is 14.5 Å². The third-order valence-electron chi connectivity index (χ3n) is 5.09. The van der Waals surface area contributed by atoms with Gasteiger partial charge in [-0.25, -0.2) is 17.2 Å². The number of hydrogen-bond acceptors (Lipinski definition) is 5. The second-order valence-corrected chi connectivity index (χ2v) is 9.56. The standard InChI is InChI=1S/C23H21F2N5O3S/c1-29(2)23(31)14-30-13-15(11-27-30)3-6-22-21-10-19(5-4-16(21)12-26-22)28-34(32,33)20-8-17(24)7-18(25)9-20/h3-11,13,28H,12,14H2,1-2H3/b6-3+. The zero-order valence-corrected chi connectivity index (χ0v) is 19.2. The first-order chi connectivity index (χ1) is 16.1. The minimum atomic E-state index is -4.19. The van der Waals surface area contributed by atoms with Gasteiger partial charge in [-0.05, 0) is 42.0 Å². The van der Waals surface area contributed by atoms with E-state index < -0.39 is 26.6 Å². The molecule has 1 aliphatic rings. The van der Waals surface area contributed by atoms with Crippen LogP contribution < -0.4 is 4.72 Å². The van der Waals surface area contributed by atoms with E-state index in [1.807, 2.05) is 0 Å². The van der Waals surface area contributed by atoms with Crippen LogP contribution in [0.25, 0.3) is 6.08 Å². The van der Waals surface area contributed by atoms with Crippen LogP contribution in [0.5, 0.6) is 0 Å². The Morgan fingerprint density at radius 1 is 1.15 bits per heavy atom. The molecular weight excluding hydrogens is 464 g/mol. The number of likely N-dealkylation sites (N-methyl/N-ethyl adjacent to an activating group) is 1. The molecule has 2 aromatic carbocycles. The van der Waals surface area contributed by atoms with Gasteiger partial charge >= 0.3 is 0 Å². The Hall–Kier alpha value is -3.86. The molecule has 4 rings (SSSR count). The number of benzene rings is 2. The largest absolute Gasteiger partial charge is 0.347 e. The Bertz CT molecular complexity index is 1410. The van der Waals surface area contributed by atoms with Crippen molar-refractivity contribution in [2.45, 2.75) is 18.0 Å². The van der Waals surface area contributed by atoms with Crippen LogP contribution in [-0.4, -0.2) is 48.8 Å². The fraction of sp³-hybridized carbons (Fsp3) is 0.174. The molecule has 1 aromatic heterocycles. The predicted molar refractivity (Wildman–Crippen MR) is 124 cm³/mol. The Morgan fingerprint density at radius 3 is 2.59 bits per heavy atom. The van der Waals surface area contributed by atoms with E-state index in [0.29, 0.717) is 18.3 Å². The maximum atomic E-state index is 13.5. The highest BCUT2D eigenvalue weighted by atomic mass is 32.2. The quantitative estimate of drug-likeness (QED) is 0.556. The van der Waals surface area contributed by atoms with Gasteiger partial charge in [-0.1, -0.05) is 6.07 Å². The zero-order valence-electron chi connectivity index (χ0n) is 18.4. The van der Waals surface area contributed by atoms with Gasteiger partial charge < -0.3 is 4.90 Å². The average molecular weight is 486 g/mol. The van der Waals surface area contributed by atoms with E-state index in [1.54, 1.807) is 56.8 Å². The number of rotatable bonds is 7. The molecule has 0 unspecified atom stereocenters. The first-order valence-corrected chi connectivity index (χ1v) is 11.7. The number of halogens is 2. The van der Waals surface area contributed by atoms with Crippen molar-refractivity contribution in [2.24, 2.45) is 4.99 Å². The van der Waals surface area contributed by atoms with Gasteiger partial charge in [0.15, 0.2) is 0 Å². The number of aliphatic imine (C=N–C) groups is 1. The summed E-state index contributed by atoms with van der Waals surface area (Å²) in [6, 6.07) is 7.04. The average Bonchev–Trinajstić information content (AvgIpc) is 3.37. The molecule has 0 aliphatic carbocycles. The second-order valence-electron chi connectivity index (χ2n) is 7.88. The fourth-order valence-corrected chi connectivity index (χ4v) is 4.41. The van der Waals surface area contributed by atoms with Gasteiger partial charge in [-0.15, -0.1) is 0 Å². The summed E-state index contributed by atoms with van der Waals surface area (Å²) in [7, 11) is -0.844. The summed E-state index contributed by atoms with van der Waals surface area (Å²) in [6.45, 7) is 0.567. The number of fused-ring (bicyclic) bond motifs is 1. The molecular formula is C23H21F2N5O3S. The van der Waals surface area contributed by atoms with E-state index in [2.05, 4.69) is 14.8 Å². The summed E-state index contributed by atoms with van der Waals surface area (Å²) >= 11 is 0. The highest BCUT2D eigenvalue weighted by Gasteiger charge is 2.19. The lowest BCUT2D eigenvalue weighted by molar-refractivity contribution is -0.129. The molecule has 0 saturated carbocycles. The number of anilines is 1. The summed E-state index contributed by atoms with van der Waals surface area (Å²) in [5.74, 6) is -2.05. The summed E-state index contributed by atoms with van der Waals surface area (Å²) in [5.41, 5.74) is 3.29. The highest BCUT2D eigenvalue weighted by molar-refractivity contribution is 7.92. The molecule has 0 radical (unpaired) electrons. The maximum Gasteiger partial charge on any atom is 0.262 e. The van der Waals surface area contributed by atoms with Gasteiger partial charge in [-0.3, -0.25) is 19.2 Å². The van der Waals surface area contributed by atoms with Crippen LogP contribution >= 0.6 is 0 Å². The second kappa shape index (κ2) is 9.18. The van der Waals surface area contributed by atoms with Gasteiger partial charge in [0.05, 0.1) is 23.3 Å². The van der Waals surface area contributed by atoms with Crippen LogP contribution in [-0.2, 0) is 27.9 Å². The van der Waals surface area contributed by atoms with Crippen LogP contribution in [0, 0.1) is 11.6 Å². The Balaban J connectivity index is 1.51. The zero-order chi connectivity index (χ0) is 24.5. The van der Waals surface area contributed by atoms with Crippen LogP contribution in [0.1, 0.15) is 16.7 Å². The lowest BCUT2D eigenvalue weighted by Crippen LogP contribution is -2.26. The van der Waals surface area contributed by atoms with Crippen molar-refractivity contribution in [3.05, 3.63) is 83.2 Å². The predicted octanol–water partition coefficient (Wildman–Crippen LogP) is 3.07. The molecule has 0 fully saturated rings. The molecule has 0 bridgehead atoms. The maximum absolute atomic E-state index is 13.5. The Morgan fingerprint density at radius 2 is 1.88 bits per heavy atom. The number of aromatic nitrogens is 2. The van der Waals surface area contributed by atoms with E-state index >= 15 is 0 Å². The first-order valence-electron chi connectivity index (χ1n) is 10.2. The van der Waals surface area contributed by atoms with Gasteiger partial charge in [0.1, 0.15) is 18.2 Å². The van der Waals surface area contributed by atoms with Crippen molar-refractivity contribution in [1.29, 1.82) is 0 Å². The highest BCUT2D eigenvalue weighted by Crippen LogP contribution is 2.26. The topological polar surface area (TPSA) is 96.7 Å². The summed E-state index contributed by atoms with van der Waals surface area (Å²) < 4.78 is 56.0. The third-order valence-corrected chi connectivity index (χ3v) is 6.45. The Labute approximate surface area is 195 Å². The summed E-state index contributed by atoms with van der Waals surface area (Å²) in [6.07, 6.45) is 6.93. The molecule has 1 aliphatic heterocycles. The lowest BCUT2D eigenvalue weighted by Gasteiger charge is -2.10. The van der Waals surface area contributed by atoms with Gasteiger partial charge in [-0.2, -0.15) is 5.10 Å². The molecule has 1 amide bonds. The number of sulfonamides is 1. The van der Waals surface area contributed by atoms with E-state index in [9.17, 15) is 22.0 Å². The number of nitrogens with zero attached hydrogens (tertiary/aromatic N) is 4. The smallest absolute Gasteiger partial charge is 0.262 e. The number of carbonyl (C=O) groups is 1. The van der Waals surface area contributed by atoms with Crippen molar-refractivity contribution in [1.82, 2.24) is 14.7 Å². The normalized spacial score (nSPS) is 13.1. The van der Waals surface area contributed by atoms with Crippen LogP contribution in [0.2, 0.25) is 0 Å². The van der Waals surface area contributed by atoms with Crippen molar-refractivity contribution < 1.29 is 22.0 Å². The van der Waals surface area contributed by atoms with Gasteiger partial charge in [0.25, 0.3) is 10.0 Å². The van der Waals surface area contributed by atoms with Crippen molar-refractivity contribution in [3.63, 3.8) is 0 Å². The minimum Gasteiger partial charge on any atom is -0.347 e. The Kier molecular flexibility index (Phi) is 6.29. The van der Waals surface area contributed by atoms with E-state index in [1.165, 1.54) is 9.58 Å². The lowest BCUT2D eigenvalue weighted by atomic mass is 10.0. The van der Waals surface area contributed by atoms with E-state index in [4.69, 9.17) is 0 Å². The third kappa shape index (κ3) is 5.20.